The Hall–Kier alpha value is -2.73. The van der Waals surface area contributed by atoms with Crippen LogP contribution in [0.5, 0.6) is 0 Å². The SMILES string of the molecule is NCCCCC(NC(=O)C1CCCN1C(=O)C(N)CCC(=O)O)C(=O)NCC(=O)O. The van der Waals surface area contributed by atoms with E-state index >= 15 is 0 Å². The first kappa shape index (κ1) is 25.3. The van der Waals surface area contributed by atoms with Gasteiger partial charge >= 0.3 is 11.9 Å². The number of nitrogens with one attached hydrogen (secondary N) is 2. The zero-order valence-electron chi connectivity index (χ0n) is 16.8. The molecule has 0 saturated carbocycles. The Morgan fingerprint density at radius 3 is 2.37 bits per heavy atom. The van der Waals surface area contributed by atoms with Gasteiger partial charge in [-0.3, -0.25) is 24.0 Å². The van der Waals surface area contributed by atoms with Crippen LogP contribution in [0.2, 0.25) is 0 Å². The van der Waals surface area contributed by atoms with Crippen molar-refractivity contribution >= 4 is 29.7 Å². The average molecular weight is 429 g/mol. The molecule has 3 atom stereocenters. The van der Waals surface area contributed by atoms with Gasteiger partial charge < -0.3 is 37.2 Å². The van der Waals surface area contributed by atoms with Crippen molar-refractivity contribution in [1.82, 2.24) is 15.5 Å². The maximum atomic E-state index is 12.8. The van der Waals surface area contributed by atoms with E-state index < -0.39 is 54.3 Å². The van der Waals surface area contributed by atoms with Crippen molar-refractivity contribution in [2.75, 3.05) is 19.6 Å². The third kappa shape index (κ3) is 8.33. The molecule has 1 heterocycles. The number of likely N-dealkylation sites (tertiary alicyclic amines) is 1. The summed E-state index contributed by atoms with van der Waals surface area (Å²) < 4.78 is 0. The number of nitrogens with zero attached hydrogens (tertiary/aromatic N) is 1. The normalized spacial score (nSPS) is 17.8. The van der Waals surface area contributed by atoms with Gasteiger partial charge in [0, 0.05) is 13.0 Å². The second kappa shape index (κ2) is 12.8. The number of hydrogen-bond acceptors (Lipinski definition) is 7. The number of unbranched alkanes of at least 4 members (excludes halogenated alkanes) is 1. The molecule has 0 bridgehead atoms. The molecule has 170 valence electrons. The van der Waals surface area contributed by atoms with Crippen LogP contribution >= 0.6 is 0 Å². The van der Waals surface area contributed by atoms with E-state index in [0.717, 1.165) is 0 Å². The zero-order chi connectivity index (χ0) is 22.7. The summed E-state index contributed by atoms with van der Waals surface area (Å²) in [6.07, 6.45) is 2.10. The van der Waals surface area contributed by atoms with Gasteiger partial charge in [0.1, 0.15) is 18.6 Å². The minimum Gasteiger partial charge on any atom is -0.481 e. The number of rotatable bonds is 13. The molecule has 12 heteroatoms. The maximum absolute atomic E-state index is 12.8. The predicted molar refractivity (Wildman–Crippen MR) is 105 cm³/mol. The van der Waals surface area contributed by atoms with Gasteiger partial charge in [-0.25, -0.2) is 0 Å². The lowest BCUT2D eigenvalue weighted by Crippen LogP contribution is -2.55. The molecular weight excluding hydrogens is 398 g/mol. The quantitative estimate of drug-likeness (QED) is 0.178. The molecule has 12 nitrogen and oxygen atoms in total. The van der Waals surface area contributed by atoms with Crippen LogP contribution in [0.4, 0.5) is 0 Å². The summed E-state index contributed by atoms with van der Waals surface area (Å²) in [6.45, 7) is 0.145. The summed E-state index contributed by atoms with van der Waals surface area (Å²) >= 11 is 0. The molecule has 3 unspecified atom stereocenters. The van der Waals surface area contributed by atoms with Crippen molar-refractivity contribution in [3.8, 4) is 0 Å². The van der Waals surface area contributed by atoms with Gasteiger partial charge in [0.15, 0.2) is 0 Å². The number of amides is 3. The molecule has 0 radical (unpaired) electrons. The minimum atomic E-state index is -1.21. The first-order valence-corrected chi connectivity index (χ1v) is 9.95. The number of aliphatic carboxylic acids is 2. The van der Waals surface area contributed by atoms with E-state index in [-0.39, 0.29) is 19.3 Å². The first-order valence-electron chi connectivity index (χ1n) is 9.95. The lowest BCUT2D eigenvalue weighted by Gasteiger charge is -2.28. The third-order valence-electron chi connectivity index (χ3n) is 4.82. The summed E-state index contributed by atoms with van der Waals surface area (Å²) in [4.78, 5) is 60.3. The van der Waals surface area contributed by atoms with Gasteiger partial charge in [-0.05, 0) is 45.1 Å². The molecule has 30 heavy (non-hydrogen) atoms. The van der Waals surface area contributed by atoms with E-state index in [4.69, 9.17) is 21.7 Å². The van der Waals surface area contributed by atoms with Crippen LogP contribution in [-0.2, 0) is 24.0 Å². The molecule has 0 aromatic carbocycles. The van der Waals surface area contributed by atoms with E-state index in [1.54, 1.807) is 0 Å². The summed E-state index contributed by atoms with van der Waals surface area (Å²) in [7, 11) is 0. The van der Waals surface area contributed by atoms with Crippen molar-refractivity contribution in [1.29, 1.82) is 0 Å². The number of carboxylic acid groups (broad SMARTS) is 2. The monoisotopic (exact) mass is 429 g/mol. The molecule has 0 spiro atoms. The highest BCUT2D eigenvalue weighted by atomic mass is 16.4. The Labute approximate surface area is 174 Å². The Bertz CT molecular complexity index is 642. The van der Waals surface area contributed by atoms with Crippen molar-refractivity contribution in [2.45, 2.75) is 63.1 Å². The van der Waals surface area contributed by atoms with Crippen molar-refractivity contribution in [2.24, 2.45) is 11.5 Å². The van der Waals surface area contributed by atoms with E-state index in [0.29, 0.717) is 38.8 Å². The molecule has 0 aliphatic carbocycles. The van der Waals surface area contributed by atoms with Gasteiger partial charge in [-0.1, -0.05) is 0 Å². The fraction of sp³-hybridized carbons (Fsp3) is 0.722. The van der Waals surface area contributed by atoms with E-state index in [2.05, 4.69) is 10.6 Å². The Balaban J connectivity index is 2.77. The summed E-state index contributed by atoms with van der Waals surface area (Å²) in [6, 6.07) is -2.81. The molecule has 0 aromatic rings. The largest absolute Gasteiger partial charge is 0.481 e. The highest BCUT2D eigenvalue weighted by Gasteiger charge is 2.37. The Morgan fingerprint density at radius 2 is 1.77 bits per heavy atom. The molecule has 1 rings (SSSR count). The van der Waals surface area contributed by atoms with Crippen LogP contribution in [0.15, 0.2) is 0 Å². The van der Waals surface area contributed by atoms with E-state index in [1.165, 1.54) is 4.90 Å². The van der Waals surface area contributed by atoms with Crippen LogP contribution in [0.3, 0.4) is 0 Å². The molecule has 1 fully saturated rings. The summed E-state index contributed by atoms with van der Waals surface area (Å²) in [5, 5.41) is 22.3. The standard InChI is InChI=1S/C18H31N5O7/c19-8-2-1-4-12(16(28)21-10-15(26)27)22-17(29)13-5-3-9-23(13)18(30)11(20)6-7-14(24)25/h11-13H,1-10,19-20H2,(H,21,28)(H,22,29)(H,24,25)(H,26,27). The molecule has 0 aromatic heterocycles. The highest BCUT2D eigenvalue weighted by molar-refractivity contribution is 5.94. The lowest BCUT2D eigenvalue weighted by molar-refractivity contribution is -0.142. The fourth-order valence-electron chi connectivity index (χ4n) is 3.23. The van der Waals surface area contributed by atoms with Crippen molar-refractivity contribution < 1.29 is 34.2 Å². The zero-order valence-corrected chi connectivity index (χ0v) is 16.8. The number of carbonyl (C=O) groups is 5. The predicted octanol–water partition coefficient (Wildman–Crippen LogP) is -2.02. The minimum absolute atomic E-state index is 0.0433. The van der Waals surface area contributed by atoms with Crippen LogP contribution in [-0.4, -0.2) is 82.5 Å². The van der Waals surface area contributed by atoms with Gasteiger partial charge in [-0.2, -0.15) is 0 Å². The number of hydrogen-bond donors (Lipinski definition) is 6. The Kier molecular flexibility index (Phi) is 10.8. The lowest BCUT2D eigenvalue weighted by atomic mass is 10.1. The molecule has 8 N–H and O–H groups in total. The van der Waals surface area contributed by atoms with Gasteiger partial charge in [0.25, 0.3) is 0 Å². The molecule has 3 amide bonds. The number of carboxylic acids is 2. The van der Waals surface area contributed by atoms with E-state index in [9.17, 15) is 24.0 Å². The topological polar surface area (TPSA) is 205 Å². The second-order valence-corrected chi connectivity index (χ2v) is 7.19. The Morgan fingerprint density at radius 1 is 1.07 bits per heavy atom. The smallest absolute Gasteiger partial charge is 0.322 e. The van der Waals surface area contributed by atoms with Crippen LogP contribution in [0, 0.1) is 0 Å². The van der Waals surface area contributed by atoms with E-state index in [1.807, 2.05) is 0 Å². The third-order valence-corrected chi connectivity index (χ3v) is 4.82. The van der Waals surface area contributed by atoms with Gasteiger partial charge in [0.05, 0.1) is 6.04 Å². The van der Waals surface area contributed by atoms with Crippen molar-refractivity contribution in [3.63, 3.8) is 0 Å². The number of nitrogens with two attached hydrogens (primary N) is 2. The van der Waals surface area contributed by atoms with Crippen LogP contribution in [0.1, 0.15) is 44.9 Å². The average Bonchev–Trinajstić information content (AvgIpc) is 3.18. The molecular formula is C18H31N5O7. The number of carbonyl (C=O) groups excluding carboxylic acids is 3. The molecule has 1 saturated heterocycles. The summed E-state index contributed by atoms with van der Waals surface area (Å²) in [5.41, 5.74) is 11.2. The molecule has 1 aliphatic rings. The van der Waals surface area contributed by atoms with Gasteiger partial charge in [0.2, 0.25) is 17.7 Å². The molecule has 1 aliphatic heterocycles. The highest BCUT2D eigenvalue weighted by Crippen LogP contribution is 2.19. The second-order valence-electron chi connectivity index (χ2n) is 7.19. The van der Waals surface area contributed by atoms with Crippen LogP contribution < -0.4 is 22.1 Å². The summed E-state index contributed by atoms with van der Waals surface area (Å²) in [5.74, 6) is -3.95. The maximum Gasteiger partial charge on any atom is 0.322 e. The first-order chi connectivity index (χ1) is 14.2. The van der Waals surface area contributed by atoms with Crippen LogP contribution in [0.25, 0.3) is 0 Å². The fourth-order valence-corrected chi connectivity index (χ4v) is 3.23. The van der Waals surface area contributed by atoms with Crippen molar-refractivity contribution in [3.05, 3.63) is 0 Å². The van der Waals surface area contributed by atoms with Gasteiger partial charge in [-0.15, -0.1) is 0 Å².